The molecular weight excluding hydrogens is 300 g/mol. The van der Waals surface area contributed by atoms with Crippen molar-refractivity contribution in [2.45, 2.75) is 83.3 Å². The average Bonchev–Trinajstić information content (AvgIpc) is 2.74. The number of aliphatic hydroxyl groups is 1. The van der Waals surface area contributed by atoms with Gasteiger partial charge in [0.2, 0.25) is 0 Å². The molecular formula is C21H32O3. The van der Waals surface area contributed by atoms with E-state index in [2.05, 4.69) is 6.92 Å². The number of esters is 1. The lowest BCUT2D eigenvalue weighted by atomic mass is 9.40. The Morgan fingerprint density at radius 2 is 1.50 bits per heavy atom. The fourth-order valence-corrected chi connectivity index (χ4v) is 7.59. The lowest BCUT2D eigenvalue weighted by molar-refractivity contribution is -0.248. The third-order valence-corrected chi connectivity index (χ3v) is 9.04. The van der Waals surface area contributed by atoms with Gasteiger partial charge in [0.15, 0.2) is 0 Å². The molecule has 1 N–H and O–H groups in total. The molecule has 0 heterocycles. The Morgan fingerprint density at radius 1 is 1.00 bits per heavy atom. The van der Waals surface area contributed by atoms with E-state index < -0.39 is 0 Å². The molecule has 134 valence electrons. The zero-order chi connectivity index (χ0) is 16.9. The van der Waals surface area contributed by atoms with Gasteiger partial charge in [-0.25, -0.2) is 0 Å². The van der Waals surface area contributed by atoms with Gasteiger partial charge in [0.1, 0.15) is 5.60 Å². The number of hydrogen-bond donors (Lipinski definition) is 1. The van der Waals surface area contributed by atoms with Crippen LogP contribution in [0.2, 0.25) is 0 Å². The van der Waals surface area contributed by atoms with E-state index in [4.69, 9.17) is 4.74 Å². The van der Waals surface area contributed by atoms with Crippen LogP contribution in [0.1, 0.15) is 72.1 Å². The van der Waals surface area contributed by atoms with E-state index in [1.54, 1.807) is 0 Å². The van der Waals surface area contributed by atoms with Crippen LogP contribution in [-0.4, -0.2) is 22.3 Å². The molecule has 7 rings (SSSR count). The first-order valence-electron chi connectivity index (χ1n) is 10.2. The number of carbonyl (C=O) groups excluding carboxylic acids is 1. The van der Waals surface area contributed by atoms with Crippen molar-refractivity contribution < 1.29 is 14.6 Å². The quantitative estimate of drug-likeness (QED) is 0.797. The lowest BCUT2D eigenvalue weighted by Crippen LogP contribution is -2.66. The van der Waals surface area contributed by atoms with Crippen LogP contribution in [0.15, 0.2) is 0 Å². The molecule has 7 fully saturated rings. The van der Waals surface area contributed by atoms with Crippen molar-refractivity contribution in [3.05, 3.63) is 0 Å². The number of fused-ring (bicyclic) bond motifs is 1. The van der Waals surface area contributed by atoms with Crippen LogP contribution >= 0.6 is 0 Å². The standard InChI is InChI=1S/C21H32O3/c1-4-19(2,3)18(22)24-21-9-15-12-5-6-20(23)7-13(15)17(11-21)14(8-20)16(12)10-21/h12-17,23H,4-11H2,1-3H3. The molecule has 0 saturated heterocycles. The molecule has 0 aliphatic heterocycles. The van der Waals surface area contributed by atoms with E-state index in [9.17, 15) is 9.90 Å². The van der Waals surface area contributed by atoms with Crippen molar-refractivity contribution in [1.82, 2.24) is 0 Å². The van der Waals surface area contributed by atoms with Gasteiger partial charge < -0.3 is 9.84 Å². The highest BCUT2D eigenvalue weighted by atomic mass is 16.6. The maximum absolute atomic E-state index is 12.8. The molecule has 0 radical (unpaired) electrons. The molecule has 0 spiro atoms. The number of carbonyl (C=O) groups is 1. The van der Waals surface area contributed by atoms with E-state index in [1.165, 1.54) is 6.42 Å². The Bertz CT molecular complexity index is 556. The second-order valence-electron chi connectivity index (χ2n) is 10.6. The van der Waals surface area contributed by atoms with Gasteiger partial charge in [-0.15, -0.1) is 0 Å². The molecule has 7 aliphatic carbocycles. The average molecular weight is 332 g/mol. The summed E-state index contributed by atoms with van der Waals surface area (Å²) < 4.78 is 6.30. The second-order valence-corrected chi connectivity index (χ2v) is 10.6. The summed E-state index contributed by atoms with van der Waals surface area (Å²) in [7, 11) is 0. The van der Waals surface area contributed by atoms with Gasteiger partial charge in [0.25, 0.3) is 0 Å². The minimum atomic E-state index is -0.369. The van der Waals surface area contributed by atoms with Crippen molar-refractivity contribution in [3.8, 4) is 0 Å². The highest BCUT2D eigenvalue weighted by Gasteiger charge is 2.69. The highest BCUT2D eigenvalue weighted by molar-refractivity contribution is 5.76. The summed E-state index contributed by atoms with van der Waals surface area (Å²) in [6.07, 6.45) is 8.31. The predicted molar refractivity (Wildman–Crippen MR) is 91.1 cm³/mol. The SMILES string of the molecule is CCC(C)(C)C(=O)OC12CC3C4CCC5(O)CC3C(C1)C(C5)C4C2. The summed E-state index contributed by atoms with van der Waals surface area (Å²) in [5, 5.41) is 11.0. The maximum atomic E-state index is 12.8. The van der Waals surface area contributed by atoms with Crippen molar-refractivity contribution in [3.63, 3.8) is 0 Å². The Balaban J connectivity index is 1.46. The zero-order valence-electron chi connectivity index (χ0n) is 15.4. The molecule has 4 unspecified atom stereocenters. The smallest absolute Gasteiger partial charge is 0.312 e. The van der Waals surface area contributed by atoms with Gasteiger partial charge >= 0.3 is 5.97 Å². The third-order valence-electron chi connectivity index (χ3n) is 9.04. The van der Waals surface area contributed by atoms with Crippen LogP contribution < -0.4 is 0 Å². The summed E-state index contributed by atoms with van der Waals surface area (Å²) in [4.78, 5) is 12.8. The molecule has 3 nitrogen and oxygen atoms in total. The molecule has 7 aliphatic rings. The molecule has 0 aromatic rings. The van der Waals surface area contributed by atoms with E-state index in [0.29, 0.717) is 29.6 Å². The fourth-order valence-electron chi connectivity index (χ4n) is 7.59. The highest BCUT2D eigenvalue weighted by Crippen LogP contribution is 2.71. The van der Waals surface area contributed by atoms with E-state index in [0.717, 1.165) is 50.9 Å². The largest absolute Gasteiger partial charge is 0.459 e. The molecule has 4 atom stereocenters. The van der Waals surface area contributed by atoms with Crippen molar-refractivity contribution >= 4 is 5.97 Å². The Kier molecular flexibility index (Phi) is 2.99. The van der Waals surface area contributed by atoms with E-state index in [-0.39, 0.29) is 22.6 Å². The van der Waals surface area contributed by atoms with Crippen LogP contribution in [0.25, 0.3) is 0 Å². The number of rotatable bonds is 3. The lowest BCUT2D eigenvalue weighted by Gasteiger charge is -2.67. The van der Waals surface area contributed by atoms with Crippen LogP contribution in [0.5, 0.6) is 0 Å². The monoisotopic (exact) mass is 332 g/mol. The second kappa shape index (κ2) is 4.58. The molecule has 7 saturated carbocycles. The molecule has 24 heavy (non-hydrogen) atoms. The van der Waals surface area contributed by atoms with Crippen LogP contribution in [0.4, 0.5) is 0 Å². The number of hydrogen-bond acceptors (Lipinski definition) is 3. The molecule has 3 heteroatoms. The van der Waals surface area contributed by atoms with Gasteiger partial charge in [0.05, 0.1) is 11.0 Å². The molecule has 0 amide bonds. The van der Waals surface area contributed by atoms with Gasteiger partial charge in [-0.1, -0.05) is 6.92 Å². The van der Waals surface area contributed by atoms with Gasteiger partial charge in [-0.3, -0.25) is 4.79 Å². The minimum Gasteiger partial charge on any atom is -0.459 e. The van der Waals surface area contributed by atoms with Crippen LogP contribution in [-0.2, 0) is 9.53 Å². The summed E-state index contributed by atoms with van der Waals surface area (Å²) in [5.74, 6) is 4.30. The normalized spacial score (nSPS) is 54.2. The van der Waals surface area contributed by atoms with E-state index >= 15 is 0 Å². The Hall–Kier alpha value is -0.570. The Morgan fingerprint density at radius 3 is 2.04 bits per heavy atom. The molecule has 0 aromatic heterocycles. The summed E-state index contributed by atoms with van der Waals surface area (Å²) in [5.41, 5.74) is -0.911. The fraction of sp³-hybridized carbons (Fsp3) is 0.952. The van der Waals surface area contributed by atoms with Gasteiger partial charge in [0, 0.05) is 0 Å². The summed E-state index contributed by atoms with van der Waals surface area (Å²) >= 11 is 0. The van der Waals surface area contributed by atoms with Gasteiger partial charge in [-0.2, -0.15) is 0 Å². The van der Waals surface area contributed by atoms with Crippen molar-refractivity contribution in [1.29, 1.82) is 0 Å². The van der Waals surface area contributed by atoms with Gasteiger partial charge in [-0.05, 0) is 101 Å². The van der Waals surface area contributed by atoms with Crippen LogP contribution in [0.3, 0.4) is 0 Å². The topological polar surface area (TPSA) is 46.5 Å². The predicted octanol–water partition coefficient (Wildman–Crippen LogP) is 3.93. The number of ether oxygens (including phenoxy) is 1. The first-order chi connectivity index (χ1) is 11.3. The summed E-state index contributed by atoms with van der Waals surface area (Å²) in [6, 6.07) is 0. The Labute approximate surface area is 145 Å². The minimum absolute atomic E-state index is 0.0139. The van der Waals surface area contributed by atoms with Crippen LogP contribution in [0, 0.1) is 40.9 Å². The van der Waals surface area contributed by atoms with E-state index in [1.807, 2.05) is 13.8 Å². The molecule has 0 aromatic carbocycles. The first-order valence-corrected chi connectivity index (χ1v) is 10.2. The summed E-state index contributed by atoms with van der Waals surface area (Å²) in [6.45, 7) is 6.11. The first kappa shape index (κ1) is 15.7. The zero-order valence-corrected chi connectivity index (χ0v) is 15.4. The third kappa shape index (κ3) is 1.91. The van der Waals surface area contributed by atoms with Crippen molar-refractivity contribution in [2.24, 2.45) is 40.9 Å². The maximum Gasteiger partial charge on any atom is 0.312 e. The van der Waals surface area contributed by atoms with Crippen molar-refractivity contribution in [2.75, 3.05) is 0 Å². The molecule has 8 bridgehead atoms.